The number of nitrogens with one attached hydrogen (secondary N) is 3. The summed E-state index contributed by atoms with van der Waals surface area (Å²) in [5, 5.41) is 6.91. The van der Waals surface area contributed by atoms with Gasteiger partial charge in [-0.15, -0.1) is 0 Å². The minimum absolute atomic E-state index is 0.0775. The molecule has 0 bridgehead atoms. The number of carbonyl (C=O) groups is 1. The standard InChI is InChI=1S/C19H25N3O2/c1-13-6-5-7-14-12-15(18(23)22-17(13)14)10-11-20-19(24)21-16-8-3-2-4-9-16/h5-7,12,16H,2-4,8-11H2,1H3,(H,22,23)(H2,20,21,24). The number of fused-ring (bicyclic) bond motifs is 1. The Kier molecular flexibility index (Phi) is 5.18. The monoisotopic (exact) mass is 327 g/mol. The summed E-state index contributed by atoms with van der Waals surface area (Å²) in [6, 6.07) is 8.04. The summed E-state index contributed by atoms with van der Waals surface area (Å²) < 4.78 is 0. The van der Waals surface area contributed by atoms with Crippen LogP contribution in [0.25, 0.3) is 10.9 Å². The smallest absolute Gasteiger partial charge is 0.315 e. The molecule has 0 radical (unpaired) electrons. The Morgan fingerprint density at radius 3 is 2.83 bits per heavy atom. The summed E-state index contributed by atoms with van der Waals surface area (Å²) in [6.07, 6.45) is 6.31. The fourth-order valence-corrected chi connectivity index (χ4v) is 3.41. The molecule has 0 spiro atoms. The van der Waals surface area contributed by atoms with Crippen LogP contribution in [0.3, 0.4) is 0 Å². The third kappa shape index (κ3) is 3.96. The summed E-state index contributed by atoms with van der Waals surface area (Å²) in [7, 11) is 0. The van der Waals surface area contributed by atoms with E-state index in [-0.39, 0.29) is 11.6 Å². The maximum Gasteiger partial charge on any atom is 0.315 e. The van der Waals surface area contributed by atoms with Gasteiger partial charge in [-0.1, -0.05) is 37.5 Å². The molecule has 5 nitrogen and oxygen atoms in total. The van der Waals surface area contributed by atoms with E-state index in [1.165, 1.54) is 19.3 Å². The first-order chi connectivity index (χ1) is 11.6. The molecule has 3 N–H and O–H groups in total. The zero-order chi connectivity index (χ0) is 16.9. The summed E-state index contributed by atoms with van der Waals surface area (Å²) in [5.74, 6) is 0. The van der Waals surface area contributed by atoms with E-state index in [1.54, 1.807) is 0 Å². The molecule has 1 aliphatic rings. The average Bonchev–Trinajstić information content (AvgIpc) is 2.57. The van der Waals surface area contributed by atoms with Crippen LogP contribution in [0.2, 0.25) is 0 Å². The van der Waals surface area contributed by atoms with Crippen LogP contribution >= 0.6 is 0 Å². The fourth-order valence-electron chi connectivity index (χ4n) is 3.41. The average molecular weight is 327 g/mol. The Balaban J connectivity index is 1.56. The summed E-state index contributed by atoms with van der Waals surface area (Å²) in [5.41, 5.74) is 2.56. The number of para-hydroxylation sites is 1. The van der Waals surface area contributed by atoms with E-state index in [0.717, 1.165) is 29.3 Å². The lowest BCUT2D eigenvalue weighted by molar-refractivity contribution is 0.233. The number of benzene rings is 1. The largest absolute Gasteiger partial charge is 0.338 e. The number of pyridine rings is 1. The second kappa shape index (κ2) is 7.51. The molecule has 0 atom stereocenters. The highest BCUT2D eigenvalue weighted by atomic mass is 16.2. The Morgan fingerprint density at radius 1 is 1.25 bits per heavy atom. The van der Waals surface area contributed by atoms with Crippen molar-refractivity contribution in [3.8, 4) is 0 Å². The maximum absolute atomic E-state index is 12.2. The number of urea groups is 1. The second-order valence-electron chi connectivity index (χ2n) is 6.65. The summed E-state index contributed by atoms with van der Waals surface area (Å²) in [6.45, 7) is 2.44. The van der Waals surface area contributed by atoms with Crippen molar-refractivity contribution in [3.63, 3.8) is 0 Å². The minimum Gasteiger partial charge on any atom is -0.338 e. The van der Waals surface area contributed by atoms with Crippen LogP contribution < -0.4 is 16.2 Å². The molecule has 128 valence electrons. The first-order valence-corrected chi connectivity index (χ1v) is 8.79. The molecule has 0 unspecified atom stereocenters. The van der Waals surface area contributed by atoms with Crippen LogP contribution in [0.4, 0.5) is 4.79 Å². The molecule has 1 heterocycles. The fraction of sp³-hybridized carbons (Fsp3) is 0.474. The van der Waals surface area contributed by atoms with Gasteiger partial charge in [-0.2, -0.15) is 0 Å². The van der Waals surface area contributed by atoms with Gasteiger partial charge >= 0.3 is 6.03 Å². The third-order valence-electron chi connectivity index (χ3n) is 4.79. The van der Waals surface area contributed by atoms with Crippen LogP contribution in [-0.4, -0.2) is 23.6 Å². The normalized spacial score (nSPS) is 15.4. The van der Waals surface area contributed by atoms with Gasteiger partial charge in [0.1, 0.15) is 0 Å². The van der Waals surface area contributed by atoms with Crippen LogP contribution in [0, 0.1) is 6.92 Å². The van der Waals surface area contributed by atoms with Crippen LogP contribution in [0.5, 0.6) is 0 Å². The maximum atomic E-state index is 12.2. The molecule has 5 heteroatoms. The third-order valence-corrected chi connectivity index (χ3v) is 4.79. The second-order valence-corrected chi connectivity index (χ2v) is 6.65. The SMILES string of the molecule is Cc1cccc2cc(CCNC(=O)NC3CCCCC3)c(=O)[nH]c12. The summed E-state index contributed by atoms with van der Waals surface area (Å²) >= 11 is 0. The molecule has 0 aliphatic heterocycles. The van der Waals surface area contributed by atoms with Crippen molar-refractivity contribution in [2.24, 2.45) is 0 Å². The first kappa shape index (κ1) is 16.6. The molecule has 1 aromatic heterocycles. The van der Waals surface area contributed by atoms with Crippen molar-refractivity contribution >= 4 is 16.9 Å². The van der Waals surface area contributed by atoms with Crippen LogP contribution in [-0.2, 0) is 6.42 Å². The molecule has 1 aromatic carbocycles. The van der Waals surface area contributed by atoms with E-state index in [2.05, 4.69) is 15.6 Å². The lowest BCUT2D eigenvalue weighted by Crippen LogP contribution is -2.43. The van der Waals surface area contributed by atoms with E-state index in [1.807, 2.05) is 31.2 Å². The highest BCUT2D eigenvalue weighted by Crippen LogP contribution is 2.17. The molecule has 1 fully saturated rings. The lowest BCUT2D eigenvalue weighted by atomic mass is 9.96. The zero-order valence-electron chi connectivity index (χ0n) is 14.2. The summed E-state index contributed by atoms with van der Waals surface area (Å²) in [4.78, 5) is 27.1. The number of rotatable bonds is 4. The number of aryl methyl sites for hydroxylation is 1. The van der Waals surface area contributed by atoms with Crippen molar-refractivity contribution < 1.29 is 4.79 Å². The molecule has 3 rings (SSSR count). The molecule has 1 aliphatic carbocycles. The van der Waals surface area contributed by atoms with E-state index in [9.17, 15) is 9.59 Å². The molecule has 24 heavy (non-hydrogen) atoms. The Hall–Kier alpha value is -2.30. The number of amides is 2. The van der Waals surface area contributed by atoms with Gasteiger partial charge in [0.2, 0.25) is 0 Å². The number of aromatic amines is 1. The quantitative estimate of drug-likeness (QED) is 0.807. The van der Waals surface area contributed by atoms with E-state index in [4.69, 9.17) is 0 Å². The van der Waals surface area contributed by atoms with Crippen molar-refractivity contribution in [3.05, 3.63) is 45.7 Å². The van der Waals surface area contributed by atoms with Gasteiger partial charge in [0, 0.05) is 18.2 Å². The Morgan fingerprint density at radius 2 is 2.04 bits per heavy atom. The molecular formula is C19H25N3O2. The molecular weight excluding hydrogens is 302 g/mol. The van der Waals surface area contributed by atoms with Crippen LogP contribution in [0.15, 0.2) is 29.1 Å². The van der Waals surface area contributed by atoms with Gasteiger partial charge < -0.3 is 15.6 Å². The number of H-pyrrole nitrogens is 1. The van der Waals surface area contributed by atoms with Gasteiger partial charge in [-0.3, -0.25) is 4.79 Å². The predicted octanol–water partition coefficient (Wildman–Crippen LogP) is 3.01. The van der Waals surface area contributed by atoms with Crippen molar-refractivity contribution in [1.82, 2.24) is 15.6 Å². The lowest BCUT2D eigenvalue weighted by Gasteiger charge is -2.22. The van der Waals surface area contributed by atoms with Crippen LogP contribution in [0.1, 0.15) is 43.2 Å². The highest BCUT2D eigenvalue weighted by Gasteiger charge is 2.15. The van der Waals surface area contributed by atoms with Gasteiger partial charge in [-0.25, -0.2) is 4.79 Å². The van der Waals surface area contributed by atoms with Gasteiger partial charge in [0.15, 0.2) is 0 Å². The predicted molar refractivity (Wildman–Crippen MR) is 96.4 cm³/mol. The van der Waals surface area contributed by atoms with Crippen molar-refractivity contribution in [2.45, 2.75) is 51.5 Å². The highest BCUT2D eigenvalue weighted by molar-refractivity contribution is 5.82. The minimum atomic E-state index is -0.130. The number of hydrogen-bond donors (Lipinski definition) is 3. The molecule has 1 saturated carbocycles. The van der Waals surface area contributed by atoms with E-state index < -0.39 is 0 Å². The van der Waals surface area contributed by atoms with E-state index in [0.29, 0.717) is 24.6 Å². The number of aromatic nitrogens is 1. The van der Waals surface area contributed by atoms with Crippen molar-refractivity contribution in [1.29, 1.82) is 0 Å². The topological polar surface area (TPSA) is 74.0 Å². The molecule has 2 aromatic rings. The van der Waals surface area contributed by atoms with Gasteiger partial charge in [0.05, 0.1) is 5.52 Å². The van der Waals surface area contributed by atoms with Gasteiger partial charge in [-0.05, 0) is 43.2 Å². The molecule has 0 saturated heterocycles. The van der Waals surface area contributed by atoms with Crippen molar-refractivity contribution in [2.75, 3.05) is 6.54 Å². The van der Waals surface area contributed by atoms with E-state index >= 15 is 0 Å². The first-order valence-electron chi connectivity index (χ1n) is 8.79. The Labute approximate surface area is 141 Å². The number of hydrogen-bond acceptors (Lipinski definition) is 2. The zero-order valence-corrected chi connectivity index (χ0v) is 14.2. The van der Waals surface area contributed by atoms with Gasteiger partial charge in [0.25, 0.3) is 5.56 Å². The number of carbonyl (C=O) groups excluding carboxylic acids is 1. The molecule has 2 amide bonds. The Bertz CT molecular complexity index is 776.